The van der Waals surface area contributed by atoms with Gasteiger partial charge < -0.3 is 20.3 Å². The molecule has 5 heterocycles. The normalized spacial score (nSPS) is 21.5. The second-order valence-electron chi connectivity index (χ2n) is 9.45. The second-order valence-corrected chi connectivity index (χ2v) is 10.6. The summed E-state index contributed by atoms with van der Waals surface area (Å²) in [4.78, 5) is 51.0. The molecule has 3 aliphatic heterocycles. The number of anilines is 2. The van der Waals surface area contributed by atoms with E-state index in [0.29, 0.717) is 41.1 Å². The summed E-state index contributed by atoms with van der Waals surface area (Å²) in [6.07, 6.45) is 6.07. The molecule has 0 bridgehead atoms. The predicted octanol–water partition coefficient (Wildman–Crippen LogP) is 3.94. The number of urea groups is 1. The van der Waals surface area contributed by atoms with Crippen molar-refractivity contribution in [3.05, 3.63) is 79.1 Å². The number of amides is 4. The molecule has 3 aromatic rings. The largest absolute Gasteiger partial charge is 0.456 e. The van der Waals surface area contributed by atoms with Gasteiger partial charge in [0.15, 0.2) is 0 Å². The van der Waals surface area contributed by atoms with Crippen LogP contribution < -0.4 is 20.3 Å². The van der Waals surface area contributed by atoms with Crippen LogP contribution in [0.5, 0.6) is 11.5 Å². The van der Waals surface area contributed by atoms with Gasteiger partial charge in [0.1, 0.15) is 27.6 Å². The Morgan fingerprint density at radius 2 is 1.97 bits per heavy atom. The lowest BCUT2D eigenvalue weighted by molar-refractivity contribution is -0.129. The van der Waals surface area contributed by atoms with E-state index in [0.717, 1.165) is 18.4 Å². The van der Waals surface area contributed by atoms with Crippen molar-refractivity contribution in [2.45, 2.75) is 35.2 Å². The van der Waals surface area contributed by atoms with Gasteiger partial charge in [-0.15, -0.1) is 0 Å². The van der Waals surface area contributed by atoms with Crippen LogP contribution in [0.2, 0.25) is 0 Å². The van der Waals surface area contributed by atoms with E-state index in [-0.39, 0.29) is 23.9 Å². The van der Waals surface area contributed by atoms with E-state index < -0.39 is 11.3 Å². The van der Waals surface area contributed by atoms with E-state index in [1.54, 1.807) is 35.5 Å². The van der Waals surface area contributed by atoms with Gasteiger partial charge >= 0.3 is 6.03 Å². The monoisotopic (exact) mass is 542 g/mol. The van der Waals surface area contributed by atoms with Gasteiger partial charge in [-0.25, -0.2) is 19.7 Å². The molecule has 2 aromatic heterocycles. The van der Waals surface area contributed by atoms with E-state index in [2.05, 4.69) is 27.2 Å². The van der Waals surface area contributed by atoms with Gasteiger partial charge in [-0.05, 0) is 49.2 Å². The summed E-state index contributed by atoms with van der Waals surface area (Å²) in [6, 6.07) is 13.5. The third-order valence-electron chi connectivity index (χ3n) is 6.95. The topological polar surface area (TPSA) is 117 Å². The summed E-state index contributed by atoms with van der Waals surface area (Å²) in [5.74, 6) is 1.32. The molecule has 0 saturated carbocycles. The summed E-state index contributed by atoms with van der Waals surface area (Å²) in [6.45, 7) is 4.64. The first-order chi connectivity index (χ1) is 19.0. The number of aromatic nitrogens is 2. The molecule has 11 heteroatoms. The summed E-state index contributed by atoms with van der Waals surface area (Å²) in [7, 11) is 0. The zero-order valence-electron chi connectivity index (χ0n) is 20.9. The number of piperidine rings is 1. The average Bonchev–Trinajstić information content (AvgIpc) is 3.33. The third-order valence-corrected chi connectivity index (χ3v) is 8.24. The fourth-order valence-electron chi connectivity index (χ4n) is 5.15. The second kappa shape index (κ2) is 10.4. The van der Waals surface area contributed by atoms with Crippen LogP contribution in [0.3, 0.4) is 0 Å². The predicted molar refractivity (Wildman–Crippen MR) is 146 cm³/mol. The third kappa shape index (κ3) is 4.81. The Kier molecular flexibility index (Phi) is 6.65. The van der Waals surface area contributed by atoms with Crippen molar-refractivity contribution in [1.82, 2.24) is 25.5 Å². The summed E-state index contributed by atoms with van der Waals surface area (Å²) in [5, 5.41) is 6.20. The number of hydrogen-bond acceptors (Lipinski definition) is 7. The number of benzene rings is 1. The highest BCUT2D eigenvalue weighted by molar-refractivity contribution is 8.01. The number of ether oxygens (including phenoxy) is 1. The van der Waals surface area contributed by atoms with E-state index in [1.807, 2.05) is 30.3 Å². The van der Waals surface area contributed by atoms with Crippen molar-refractivity contribution >= 4 is 41.1 Å². The van der Waals surface area contributed by atoms with Gasteiger partial charge in [0.25, 0.3) is 0 Å². The molecule has 4 amide bonds. The molecule has 0 aliphatic carbocycles. The molecule has 0 spiro atoms. The highest BCUT2D eigenvalue weighted by atomic mass is 32.2. The molecule has 3 aliphatic rings. The molecule has 10 nitrogen and oxygen atoms in total. The van der Waals surface area contributed by atoms with Crippen LogP contribution >= 0.6 is 11.8 Å². The zero-order valence-corrected chi connectivity index (χ0v) is 21.8. The molecule has 3 atom stereocenters. The number of carbonyl (C=O) groups excluding carboxylic acids is 3. The minimum atomic E-state index is -0.583. The maximum absolute atomic E-state index is 13.4. The number of thioether (sulfide) groups is 1. The summed E-state index contributed by atoms with van der Waals surface area (Å²) in [5.41, 5.74) is 1.43. The first-order valence-electron chi connectivity index (χ1n) is 12.7. The van der Waals surface area contributed by atoms with Crippen molar-refractivity contribution in [2.75, 3.05) is 18.0 Å². The van der Waals surface area contributed by atoms with Crippen LogP contribution in [0, 0.1) is 0 Å². The molecule has 1 saturated heterocycles. The Morgan fingerprint density at radius 3 is 2.74 bits per heavy atom. The van der Waals surface area contributed by atoms with E-state index >= 15 is 0 Å². The fourth-order valence-corrected chi connectivity index (χ4v) is 6.39. The smallest absolute Gasteiger partial charge is 0.328 e. The summed E-state index contributed by atoms with van der Waals surface area (Å²) >= 11 is 1.33. The first kappa shape index (κ1) is 24.9. The van der Waals surface area contributed by atoms with E-state index in [4.69, 9.17) is 4.74 Å². The van der Waals surface area contributed by atoms with Crippen molar-refractivity contribution in [3.63, 3.8) is 0 Å². The molecule has 1 fully saturated rings. The highest BCUT2D eigenvalue weighted by Crippen LogP contribution is 2.50. The Bertz CT molecular complexity index is 1430. The maximum atomic E-state index is 13.4. The van der Waals surface area contributed by atoms with Gasteiger partial charge in [0.05, 0.1) is 17.9 Å². The lowest BCUT2D eigenvalue weighted by Crippen LogP contribution is -2.53. The minimum Gasteiger partial charge on any atom is -0.456 e. The molecule has 198 valence electrons. The highest BCUT2D eigenvalue weighted by Gasteiger charge is 2.47. The van der Waals surface area contributed by atoms with Crippen molar-refractivity contribution in [3.8, 4) is 11.5 Å². The molecule has 39 heavy (non-hydrogen) atoms. The Morgan fingerprint density at radius 1 is 1.13 bits per heavy atom. The maximum Gasteiger partial charge on any atom is 0.328 e. The number of carbonyl (C=O) groups is 3. The molecule has 0 radical (unpaired) electrons. The number of rotatable bonds is 6. The molecule has 1 aromatic carbocycles. The number of nitrogens with one attached hydrogen (secondary N) is 2. The number of likely N-dealkylation sites (tertiary alicyclic amines) is 1. The van der Waals surface area contributed by atoms with Crippen LogP contribution in [-0.2, 0) is 9.59 Å². The van der Waals surface area contributed by atoms with Crippen molar-refractivity contribution < 1.29 is 19.1 Å². The molecule has 6 rings (SSSR count). The molecular weight excluding hydrogens is 516 g/mol. The Labute approximate surface area is 229 Å². The quantitative estimate of drug-likeness (QED) is 0.453. The van der Waals surface area contributed by atoms with Crippen LogP contribution in [0.4, 0.5) is 16.3 Å². The number of nitrogens with zero attached hydrogens (tertiary/aromatic N) is 4. The minimum absolute atomic E-state index is 0.140. The molecular formula is C28H26N6O4S. The van der Waals surface area contributed by atoms with E-state index in [9.17, 15) is 14.4 Å². The van der Waals surface area contributed by atoms with Crippen molar-refractivity contribution in [2.24, 2.45) is 0 Å². The van der Waals surface area contributed by atoms with Gasteiger partial charge in [-0.1, -0.05) is 36.5 Å². The average molecular weight is 543 g/mol. The molecule has 2 N–H and O–H groups in total. The van der Waals surface area contributed by atoms with Crippen LogP contribution in [-0.4, -0.2) is 57.1 Å². The number of pyridine rings is 2. The zero-order chi connectivity index (χ0) is 26.9. The van der Waals surface area contributed by atoms with Crippen LogP contribution in [0.1, 0.15) is 24.4 Å². The van der Waals surface area contributed by atoms with Gasteiger partial charge in [0, 0.05) is 30.9 Å². The Hall–Kier alpha value is -4.38. The number of hydrogen-bond donors (Lipinski definition) is 2. The van der Waals surface area contributed by atoms with Crippen molar-refractivity contribution in [1.29, 1.82) is 0 Å². The standard InChI is InChI=1S/C28H26N6O4S/c1-2-22(35)33-14-6-7-17(16-33)31-26(36)25-24-23-20(12-13-29-27(23)39-25)34(28(37)32-24)21-11-10-19(15-30-21)38-18-8-4-3-5-9-18/h2-5,8-13,15,17,24-25H,1,6-7,14,16H2,(H,31,36)(H,32,37)/t17?,24?,25-/m1/s1. The van der Waals surface area contributed by atoms with Crippen LogP contribution in [0.25, 0.3) is 0 Å². The SMILES string of the molecule is C=CC(=O)N1CCCC(NC(=O)[C@@H]2Sc3nccc4c3C2NC(=O)N4c2ccc(Oc3ccccc3)cn2)C1. The van der Waals surface area contributed by atoms with Gasteiger partial charge in [0.2, 0.25) is 11.8 Å². The fraction of sp³-hybridized carbons (Fsp3) is 0.250. The lowest BCUT2D eigenvalue weighted by Gasteiger charge is -2.35. The Balaban J connectivity index is 1.20. The van der Waals surface area contributed by atoms with Gasteiger partial charge in [-0.3, -0.25) is 9.59 Å². The molecule has 2 unspecified atom stereocenters. The van der Waals surface area contributed by atoms with E-state index in [1.165, 1.54) is 22.7 Å². The first-order valence-corrected chi connectivity index (χ1v) is 13.6. The summed E-state index contributed by atoms with van der Waals surface area (Å²) < 4.78 is 5.83. The lowest BCUT2D eigenvalue weighted by atomic mass is 9.99. The van der Waals surface area contributed by atoms with Gasteiger partial charge in [-0.2, -0.15) is 0 Å². The van der Waals surface area contributed by atoms with Crippen LogP contribution in [0.15, 0.2) is 78.6 Å². The number of para-hydroxylation sites is 1.